The molecule has 2 heterocycles. The smallest absolute Gasteiger partial charge is 0.133 e. The van der Waals surface area contributed by atoms with Crippen molar-refractivity contribution in [3.63, 3.8) is 0 Å². The Morgan fingerprint density at radius 2 is 2.00 bits per heavy atom. The molecule has 0 radical (unpaired) electrons. The summed E-state index contributed by atoms with van der Waals surface area (Å²) in [6, 6.07) is 8.53. The minimum atomic E-state index is 0.365. The monoisotopic (exact) mass is 283 g/mol. The predicted molar refractivity (Wildman–Crippen MR) is 86.5 cm³/mol. The van der Waals surface area contributed by atoms with Gasteiger partial charge in [-0.2, -0.15) is 0 Å². The molecule has 0 atom stereocenters. The number of hydrogen-bond donors (Lipinski definition) is 1. The summed E-state index contributed by atoms with van der Waals surface area (Å²) < 4.78 is 1.29. The van der Waals surface area contributed by atoms with E-state index in [2.05, 4.69) is 58.8 Å². The van der Waals surface area contributed by atoms with Gasteiger partial charge in [0.15, 0.2) is 0 Å². The van der Waals surface area contributed by atoms with Crippen LogP contribution in [0.15, 0.2) is 36.0 Å². The largest absolute Gasteiger partial charge is 0.373 e. The number of anilines is 1. The molecule has 2 aromatic heterocycles. The zero-order valence-corrected chi connectivity index (χ0v) is 12.7. The topological polar surface area (TPSA) is 37.8 Å². The van der Waals surface area contributed by atoms with Crippen molar-refractivity contribution in [3.8, 4) is 11.3 Å². The van der Waals surface area contributed by atoms with Crippen LogP contribution in [0.1, 0.15) is 25.3 Å². The lowest BCUT2D eigenvalue weighted by atomic mass is 9.97. The van der Waals surface area contributed by atoms with Gasteiger partial charge in [-0.15, -0.1) is 11.3 Å². The molecule has 0 spiro atoms. The van der Waals surface area contributed by atoms with Gasteiger partial charge in [-0.25, -0.2) is 9.97 Å². The Hall–Kier alpha value is -1.94. The highest BCUT2D eigenvalue weighted by atomic mass is 32.1. The molecule has 4 heteroatoms. The van der Waals surface area contributed by atoms with E-state index < -0.39 is 0 Å². The molecule has 0 aliphatic rings. The number of benzene rings is 1. The van der Waals surface area contributed by atoms with Crippen molar-refractivity contribution in [1.82, 2.24) is 9.97 Å². The summed E-state index contributed by atoms with van der Waals surface area (Å²) in [4.78, 5) is 8.92. The quantitative estimate of drug-likeness (QED) is 0.767. The van der Waals surface area contributed by atoms with Crippen LogP contribution in [0, 0.1) is 0 Å². The van der Waals surface area contributed by atoms with Crippen LogP contribution in [0.5, 0.6) is 0 Å². The van der Waals surface area contributed by atoms with Crippen molar-refractivity contribution in [2.45, 2.75) is 19.8 Å². The average molecular weight is 283 g/mol. The number of hydrogen-bond acceptors (Lipinski definition) is 4. The van der Waals surface area contributed by atoms with E-state index in [-0.39, 0.29) is 0 Å². The summed E-state index contributed by atoms with van der Waals surface area (Å²) in [5, 5.41) is 6.58. The number of thiophene rings is 1. The first-order chi connectivity index (χ1) is 9.72. The Morgan fingerprint density at radius 3 is 2.75 bits per heavy atom. The van der Waals surface area contributed by atoms with Crippen LogP contribution in [-0.2, 0) is 0 Å². The lowest BCUT2D eigenvalue weighted by Gasteiger charge is -2.16. The number of nitrogens with one attached hydrogen (secondary N) is 1. The number of rotatable bonds is 3. The first kappa shape index (κ1) is 13.1. The van der Waals surface area contributed by atoms with E-state index in [4.69, 9.17) is 0 Å². The Kier molecular flexibility index (Phi) is 3.40. The summed E-state index contributed by atoms with van der Waals surface area (Å²) in [7, 11) is 1.91. The number of aromatic nitrogens is 2. The molecule has 102 valence electrons. The molecule has 3 rings (SSSR count). The lowest BCUT2D eigenvalue weighted by molar-refractivity contribution is 0.852. The van der Waals surface area contributed by atoms with Gasteiger partial charge in [-0.05, 0) is 22.8 Å². The van der Waals surface area contributed by atoms with E-state index in [1.807, 2.05) is 7.05 Å². The van der Waals surface area contributed by atoms with Gasteiger partial charge in [0.1, 0.15) is 12.1 Å². The van der Waals surface area contributed by atoms with Crippen molar-refractivity contribution in [2.24, 2.45) is 0 Å². The van der Waals surface area contributed by atoms with Crippen LogP contribution in [0.2, 0.25) is 0 Å². The molecule has 0 saturated carbocycles. The summed E-state index contributed by atoms with van der Waals surface area (Å²) in [5.74, 6) is 1.28. The molecule has 3 nitrogen and oxygen atoms in total. The molecule has 1 aromatic carbocycles. The van der Waals surface area contributed by atoms with Crippen LogP contribution in [0.25, 0.3) is 21.3 Å². The second-order valence-electron chi connectivity index (χ2n) is 5.03. The third kappa shape index (κ3) is 2.06. The Morgan fingerprint density at radius 1 is 1.15 bits per heavy atom. The molecule has 0 amide bonds. The highest BCUT2D eigenvalue weighted by Gasteiger charge is 2.17. The van der Waals surface area contributed by atoms with E-state index in [0.717, 1.165) is 11.5 Å². The third-order valence-corrected chi connectivity index (χ3v) is 4.40. The highest BCUT2D eigenvalue weighted by molar-refractivity contribution is 7.17. The molecule has 0 unspecified atom stereocenters. The SMILES string of the molecule is CNc1ncnc(-c2cccc3ccsc23)c1C(C)C. The molecule has 3 aromatic rings. The fraction of sp³-hybridized carbons (Fsp3) is 0.250. The first-order valence-corrected chi connectivity index (χ1v) is 7.59. The molecule has 0 fully saturated rings. The fourth-order valence-corrected chi connectivity index (χ4v) is 3.45. The average Bonchev–Trinajstić information content (AvgIpc) is 2.94. The van der Waals surface area contributed by atoms with Crippen LogP contribution >= 0.6 is 11.3 Å². The van der Waals surface area contributed by atoms with E-state index in [1.54, 1.807) is 17.7 Å². The molecule has 0 aliphatic heterocycles. The Balaban J connectivity index is 2.32. The predicted octanol–water partition coefficient (Wildman–Crippen LogP) is 4.52. The van der Waals surface area contributed by atoms with Gasteiger partial charge in [-0.1, -0.05) is 32.0 Å². The standard InChI is InChI=1S/C16H17N3S/c1-10(2)13-14(18-9-19-16(13)17-3)12-6-4-5-11-7-8-20-15(11)12/h4-10H,1-3H3,(H,17,18,19). The van der Waals surface area contributed by atoms with Crippen molar-refractivity contribution < 1.29 is 0 Å². The number of nitrogens with zero attached hydrogens (tertiary/aromatic N) is 2. The molecule has 0 bridgehead atoms. The van der Waals surface area contributed by atoms with Crippen LogP contribution in [-0.4, -0.2) is 17.0 Å². The van der Waals surface area contributed by atoms with E-state index in [0.29, 0.717) is 5.92 Å². The molecule has 0 saturated heterocycles. The Bertz CT molecular complexity index is 746. The van der Waals surface area contributed by atoms with Gasteiger partial charge >= 0.3 is 0 Å². The second kappa shape index (κ2) is 5.21. The fourth-order valence-electron chi connectivity index (χ4n) is 2.54. The lowest BCUT2D eigenvalue weighted by Crippen LogP contribution is -2.04. The van der Waals surface area contributed by atoms with Gasteiger partial charge in [-0.3, -0.25) is 0 Å². The summed E-state index contributed by atoms with van der Waals surface area (Å²) in [5.41, 5.74) is 3.41. The summed E-state index contributed by atoms with van der Waals surface area (Å²) >= 11 is 1.76. The van der Waals surface area contributed by atoms with Gasteiger partial charge in [0.2, 0.25) is 0 Å². The number of fused-ring (bicyclic) bond motifs is 1. The zero-order chi connectivity index (χ0) is 14.1. The van der Waals surface area contributed by atoms with Crippen LogP contribution in [0.4, 0.5) is 5.82 Å². The van der Waals surface area contributed by atoms with Crippen molar-refractivity contribution >= 4 is 27.2 Å². The molecule has 0 aliphatic carbocycles. The maximum Gasteiger partial charge on any atom is 0.133 e. The molecule has 20 heavy (non-hydrogen) atoms. The first-order valence-electron chi connectivity index (χ1n) is 6.71. The minimum absolute atomic E-state index is 0.365. The van der Waals surface area contributed by atoms with Gasteiger partial charge in [0.05, 0.1) is 5.69 Å². The highest BCUT2D eigenvalue weighted by Crippen LogP contribution is 2.37. The second-order valence-corrected chi connectivity index (χ2v) is 5.95. The molecule has 1 N–H and O–H groups in total. The maximum absolute atomic E-state index is 4.56. The van der Waals surface area contributed by atoms with E-state index >= 15 is 0 Å². The van der Waals surface area contributed by atoms with E-state index in [9.17, 15) is 0 Å². The summed E-state index contributed by atoms with van der Waals surface area (Å²) in [6.07, 6.45) is 1.64. The van der Waals surface area contributed by atoms with Gasteiger partial charge < -0.3 is 5.32 Å². The Labute approximate surface area is 122 Å². The van der Waals surface area contributed by atoms with Crippen LogP contribution < -0.4 is 5.32 Å². The van der Waals surface area contributed by atoms with E-state index in [1.165, 1.54) is 21.2 Å². The molecular formula is C16H17N3S. The summed E-state index contributed by atoms with van der Waals surface area (Å²) in [6.45, 7) is 4.36. The normalized spacial score (nSPS) is 11.2. The van der Waals surface area contributed by atoms with Gasteiger partial charge in [0.25, 0.3) is 0 Å². The zero-order valence-electron chi connectivity index (χ0n) is 11.8. The van der Waals surface area contributed by atoms with Crippen LogP contribution in [0.3, 0.4) is 0 Å². The van der Waals surface area contributed by atoms with Gasteiger partial charge in [0, 0.05) is 22.9 Å². The van der Waals surface area contributed by atoms with Crippen molar-refractivity contribution in [3.05, 3.63) is 41.5 Å². The minimum Gasteiger partial charge on any atom is -0.373 e. The van der Waals surface area contributed by atoms with Crippen molar-refractivity contribution in [1.29, 1.82) is 0 Å². The molecular weight excluding hydrogens is 266 g/mol. The van der Waals surface area contributed by atoms with Crippen molar-refractivity contribution in [2.75, 3.05) is 12.4 Å². The maximum atomic E-state index is 4.56. The third-order valence-electron chi connectivity index (χ3n) is 3.43.